The Bertz CT molecular complexity index is 1840. The maximum atomic E-state index is 12.7. The maximum Gasteiger partial charge on any atom is 0.332 e. The highest BCUT2D eigenvalue weighted by Crippen LogP contribution is 2.20. The van der Waals surface area contributed by atoms with Crippen molar-refractivity contribution in [3.8, 4) is 17.5 Å². The number of anilines is 1. The van der Waals surface area contributed by atoms with Crippen molar-refractivity contribution in [1.82, 2.24) is 29.2 Å². The van der Waals surface area contributed by atoms with Crippen LogP contribution in [0.15, 0.2) is 69.0 Å². The number of carbonyl (C=O) groups excluding carboxylic acids is 1. The van der Waals surface area contributed by atoms with Crippen molar-refractivity contribution < 1.29 is 18.8 Å². The van der Waals surface area contributed by atoms with Gasteiger partial charge >= 0.3 is 5.69 Å². The fourth-order valence-corrected chi connectivity index (χ4v) is 5.40. The Morgan fingerprint density at radius 3 is 2.31 bits per heavy atom. The topological polar surface area (TPSA) is 162 Å². The zero-order valence-corrected chi connectivity index (χ0v) is 30.2. The van der Waals surface area contributed by atoms with E-state index in [0.29, 0.717) is 29.7 Å². The second kappa shape index (κ2) is 18.7. The largest absolute Gasteiger partial charge is 0.379 e. The van der Waals surface area contributed by atoms with Crippen molar-refractivity contribution in [1.29, 1.82) is 5.26 Å². The van der Waals surface area contributed by atoms with E-state index < -0.39 is 0 Å². The predicted octanol–water partition coefficient (Wildman–Crippen LogP) is 4.16. The molecular weight excluding hydrogens is 652 g/mol. The summed E-state index contributed by atoms with van der Waals surface area (Å²) >= 11 is 0. The predicted molar refractivity (Wildman–Crippen MR) is 192 cm³/mol. The van der Waals surface area contributed by atoms with Gasteiger partial charge < -0.3 is 23.8 Å². The Morgan fingerprint density at radius 2 is 1.69 bits per heavy atom. The monoisotopic (exact) mass is 700 g/mol. The second-order valence-electron chi connectivity index (χ2n) is 13.3. The number of hydrogen-bond acceptors (Lipinski definition) is 11. The molecule has 2 aliphatic rings. The van der Waals surface area contributed by atoms with E-state index in [9.17, 15) is 19.6 Å². The number of piperidine rings is 2. The summed E-state index contributed by atoms with van der Waals surface area (Å²) < 4.78 is 18.6. The molecule has 4 aromatic rings. The van der Waals surface area contributed by atoms with E-state index in [1.165, 1.54) is 19.5 Å². The number of hydrogen-bond donors (Lipinski definition) is 0. The number of pyridine rings is 1. The molecule has 0 bridgehead atoms. The number of methoxy groups -OCH3 is 1. The van der Waals surface area contributed by atoms with Gasteiger partial charge in [0, 0.05) is 64.4 Å². The van der Waals surface area contributed by atoms with E-state index >= 15 is 0 Å². The van der Waals surface area contributed by atoms with Crippen LogP contribution in [0.3, 0.4) is 0 Å². The molecule has 2 saturated heterocycles. The van der Waals surface area contributed by atoms with Crippen molar-refractivity contribution in [3.05, 3.63) is 92.7 Å². The zero-order valence-electron chi connectivity index (χ0n) is 30.2. The average molecular weight is 701 g/mol. The molecule has 3 aromatic heterocycles. The third-order valence-corrected chi connectivity index (χ3v) is 8.61. The summed E-state index contributed by atoms with van der Waals surface area (Å²) in [5, 5.41) is 13.2. The van der Waals surface area contributed by atoms with Crippen LogP contribution in [-0.2, 0) is 34.5 Å². The number of benzene rings is 1. The number of ether oxygens (including phenoxy) is 2. The number of carbonyl (C=O) groups is 1. The highest BCUT2D eigenvalue weighted by Gasteiger charge is 2.20. The van der Waals surface area contributed by atoms with Crippen LogP contribution in [0.2, 0.25) is 0 Å². The molecule has 0 radical (unpaired) electrons. The molecule has 0 atom stereocenters. The van der Waals surface area contributed by atoms with Gasteiger partial charge in [-0.1, -0.05) is 23.4 Å². The van der Waals surface area contributed by atoms with Gasteiger partial charge in [-0.05, 0) is 76.6 Å². The van der Waals surface area contributed by atoms with Crippen molar-refractivity contribution in [2.75, 3.05) is 38.2 Å². The summed E-state index contributed by atoms with van der Waals surface area (Å²) in [7, 11) is 3.19. The average Bonchev–Trinajstić information content (AvgIpc) is 3.65. The Balaban J connectivity index is 0.000000199. The van der Waals surface area contributed by atoms with Gasteiger partial charge in [0.25, 0.3) is 11.4 Å². The summed E-state index contributed by atoms with van der Waals surface area (Å²) in [6.45, 7) is 9.79. The molecule has 2 fully saturated rings. The third kappa shape index (κ3) is 11.4. The van der Waals surface area contributed by atoms with Crippen molar-refractivity contribution in [2.45, 2.75) is 77.7 Å². The van der Waals surface area contributed by atoms with Gasteiger partial charge in [0.2, 0.25) is 12.2 Å². The van der Waals surface area contributed by atoms with E-state index in [4.69, 9.17) is 14.0 Å². The van der Waals surface area contributed by atoms with Crippen LogP contribution in [-0.4, -0.2) is 80.6 Å². The lowest BCUT2D eigenvalue weighted by atomic mass is 10.1. The summed E-state index contributed by atoms with van der Waals surface area (Å²) in [6.07, 6.45) is 9.34. The first kappa shape index (κ1) is 38.7. The fourth-order valence-electron chi connectivity index (χ4n) is 5.40. The van der Waals surface area contributed by atoms with Crippen LogP contribution in [0.25, 0.3) is 11.4 Å². The van der Waals surface area contributed by atoms with Crippen molar-refractivity contribution in [2.24, 2.45) is 7.05 Å². The molecule has 0 aliphatic carbocycles. The minimum Gasteiger partial charge on any atom is -0.379 e. The van der Waals surface area contributed by atoms with E-state index in [0.717, 1.165) is 74.0 Å². The molecule has 14 nitrogen and oxygen atoms in total. The summed E-state index contributed by atoms with van der Waals surface area (Å²) in [4.78, 5) is 47.5. The molecule has 0 N–H and O–H groups in total. The van der Waals surface area contributed by atoms with Gasteiger partial charge in [-0.15, -0.1) is 0 Å². The molecule has 272 valence electrons. The minimum absolute atomic E-state index is 0.0417. The van der Waals surface area contributed by atoms with Crippen LogP contribution in [0, 0.1) is 11.3 Å². The Kier molecular flexibility index (Phi) is 14.2. The summed E-state index contributed by atoms with van der Waals surface area (Å²) in [5.74, 6) is 1.64. The van der Waals surface area contributed by atoms with Crippen molar-refractivity contribution >= 4 is 12.2 Å². The van der Waals surface area contributed by atoms with E-state index in [1.54, 1.807) is 41.1 Å². The highest BCUT2D eigenvalue weighted by molar-refractivity contribution is 5.52. The summed E-state index contributed by atoms with van der Waals surface area (Å²) in [5.41, 5.74) is 1.57. The van der Waals surface area contributed by atoms with E-state index in [1.807, 2.05) is 45.0 Å². The van der Waals surface area contributed by atoms with Crippen LogP contribution in [0.1, 0.15) is 69.9 Å². The van der Waals surface area contributed by atoms with Gasteiger partial charge in [0.1, 0.15) is 12.4 Å². The normalized spacial score (nSPS) is 14.8. The molecule has 1 amide bonds. The number of likely N-dealkylation sites (tertiary alicyclic amines) is 1. The molecule has 2 aliphatic heterocycles. The van der Waals surface area contributed by atoms with Gasteiger partial charge in [-0.3, -0.25) is 23.7 Å². The minimum atomic E-state index is -0.351. The molecule has 0 spiro atoms. The van der Waals surface area contributed by atoms with Gasteiger partial charge in [-0.2, -0.15) is 10.2 Å². The third-order valence-electron chi connectivity index (χ3n) is 8.61. The quantitative estimate of drug-likeness (QED) is 0.243. The molecular formula is C37H48N8O6. The Morgan fingerprint density at radius 1 is 1.02 bits per heavy atom. The first-order valence-corrected chi connectivity index (χ1v) is 17.2. The molecule has 14 heteroatoms. The molecule has 1 aromatic carbocycles. The number of rotatable bonds is 8. The number of aromatic nitrogens is 5. The second-order valence-corrected chi connectivity index (χ2v) is 13.3. The van der Waals surface area contributed by atoms with Crippen LogP contribution >= 0.6 is 0 Å². The standard InChI is InChI=1S/C18H20N4O2.C14H16N4O3.C5H12O/c1-20-17(23)11-16(21-9-5-2-6-10-21)22(18(20)24)13-15-8-4-3-7-14(15)12-19;19-10-18-7-3-12(4-8-18)20-9-13-16-14(17-21-13)11-1-5-15-6-2-11;1-5(2,3)6-4/h3-4,7-8,11H,2,5-6,9-10,13H2,1H3;1-2,5-6,10,12H,3-4,7-9H2;1-4H3. The maximum absolute atomic E-state index is 12.7. The lowest BCUT2D eigenvalue weighted by Gasteiger charge is -2.31. The SMILES string of the molecule is COC(C)(C)C.Cn1c(=O)cc(N2CCCCC2)n(Cc2ccccc2C#N)c1=O.O=CN1CCC(OCc2nc(-c3ccncc3)no2)CC1. The Hall–Kier alpha value is -5.13. The number of nitrogens with zero attached hydrogens (tertiary/aromatic N) is 8. The zero-order chi connectivity index (χ0) is 36.8. The lowest BCUT2D eigenvalue weighted by Crippen LogP contribution is -2.43. The first-order valence-electron chi connectivity index (χ1n) is 17.2. The van der Waals surface area contributed by atoms with Gasteiger partial charge in [-0.25, -0.2) is 4.79 Å². The number of amides is 1. The highest BCUT2D eigenvalue weighted by atomic mass is 16.5. The molecule has 51 heavy (non-hydrogen) atoms. The van der Waals surface area contributed by atoms with Crippen molar-refractivity contribution in [3.63, 3.8) is 0 Å². The molecule has 0 unspecified atom stereocenters. The van der Waals surface area contributed by atoms with Gasteiger partial charge in [0.15, 0.2) is 0 Å². The van der Waals surface area contributed by atoms with Crippen LogP contribution in [0.4, 0.5) is 5.82 Å². The first-order chi connectivity index (χ1) is 24.5. The lowest BCUT2D eigenvalue weighted by molar-refractivity contribution is -0.120. The Labute approximate surface area is 298 Å². The van der Waals surface area contributed by atoms with Crippen LogP contribution in [0.5, 0.6) is 0 Å². The fraction of sp³-hybridized carbons (Fsp3) is 0.486. The van der Waals surface area contributed by atoms with Gasteiger partial charge in [0.05, 0.1) is 29.9 Å². The molecule has 0 saturated carbocycles. The smallest absolute Gasteiger partial charge is 0.332 e. The summed E-state index contributed by atoms with van der Waals surface area (Å²) in [6, 6.07) is 14.6. The van der Waals surface area contributed by atoms with E-state index in [-0.39, 0.29) is 29.5 Å². The number of nitriles is 1. The molecule has 6 rings (SSSR count). The molecule has 5 heterocycles. The van der Waals surface area contributed by atoms with Crippen LogP contribution < -0.4 is 16.1 Å². The van der Waals surface area contributed by atoms with E-state index in [2.05, 4.69) is 26.1 Å².